The molecule has 1 aliphatic carbocycles. The average molecular weight is 513 g/mol. The Bertz CT molecular complexity index is 1430. The minimum atomic E-state index is -0.763. The molecule has 10 heteroatoms. The zero-order chi connectivity index (χ0) is 23.9. The van der Waals surface area contributed by atoms with Crippen molar-refractivity contribution in [1.82, 2.24) is 5.16 Å². The average Bonchev–Trinajstić information content (AvgIpc) is 3.26. The van der Waals surface area contributed by atoms with Crippen LogP contribution in [0.1, 0.15) is 46.9 Å². The number of hydrogen-bond donors (Lipinski definition) is 2. The Morgan fingerprint density at radius 2 is 2.00 bits per heavy atom. The maximum absolute atomic E-state index is 12.4. The molecule has 172 valence electrons. The molecule has 0 bridgehead atoms. The molecule has 5 rings (SSSR count). The molecule has 1 atom stereocenters. The number of amides is 1. The number of nitrogens with one attached hydrogen (secondary N) is 1. The first kappa shape index (κ1) is 22.5. The molecule has 1 unspecified atom stereocenters. The van der Waals surface area contributed by atoms with Crippen molar-refractivity contribution in [3.05, 3.63) is 68.7 Å². The van der Waals surface area contributed by atoms with Gasteiger partial charge in [0.25, 0.3) is 5.22 Å². The molecule has 1 amide bonds. The monoisotopic (exact) mass is 512 g/mol. The van der Waals surface area contributed by atoms with Gasteiger partial charge in [0, 0.05) is 10.3 Å². The fourth-order valence-electron chi connectivity index (χ4n) is 3.50. The highest BCUT2D eigenvalue weighted by atomic mass is 35.5. The van der Waals surface area contributed by atoms with E-state index in [1.54, 1.807) is 6.92 Å². The topological polar surface area (TPSA) is 102 Å². The zero-order valence-corrected chi connectivity index (χ0v) is 20.1. The highest BCUT2D eigenvalue weighted by Gasteiger charge is 2.53. The number of benzene rings is 1. The minimum Gasteiger partial charge on any atom is -0.481 e. The molecule has 0 saturated heterocycles. The van der Waals surface area contributed by atoms with Gasteiger partial charge in [0.2, 0.25) is 0 Å². The van der Waals surface area contributed by atoms with Crippen LogP contribution in [-0.4, -0.2) is 22.3 Å². The lowest BCUT2D eigenvalue weighted by molar-refractivity contribution is -0.139. The van der Waals surface area contributed by atoms with E-state index in [-0.39, 0.29) is 16.6 Å². The molecule has 3 aromatic heterocycles. The molecule has 1 saturated carbocycles. The number of rotatable bonds is 5. The Kier molecular flexibility index (Phi) is 5.81. The summed E-state index contributed by atoms with van der Waals surface area (Å²) in [5.41, 5.74) is 0.456. The van der Waals surface area contributed by atoms with Crippen molar-refractivity contribution in [1.29, 1.82) is 0 Å². The van der Waals surface area contributed by atoms with Crippen molar-refractivity contribution in [2.75, 3.05) is 5.32 Å². The fourth-order valence-corrected chi connectivity index (χ4v) is 6.20. The Labute approximate surface area is 207 Å². The summed E-state index contributed by atoms with van der Waals surface area (Å²) in [6, 6.07) is 13.2. The first-order valence-electron chi connectivity index (χ1n) is 10.3. The van der Waals surface area contributed by atoms with Crippen LogP contribution in [0.5, 0.6) is 0 Å². The summed E-state index contributed by atoms with van der Waals surface area (Å²) in [6.45, 7) is 1.76. The quantitative estimate of drug-likeness (QED) is 0.299. The van der Waals surface area contributed by atoms with Crippen molar-refractivity contribution < 1.29 is 24.0 Å². The fraction of sp³-hybridized carbons (Fsp3) is 0.208. The van der Waals surface area contributed by atoms with Gasteiger partial charge < -0.3 is 14.4 Å². The number of halogens is 1. The molecule has 1 aliphatic rings. The van der Waals surface area contributed by atoms with Crippen LogP contribution in [0.4, 0.5) is 10.5 Å². The second kappa shape index (κ2) is 8.80. The summed E-state index contributed by atoms with van der Waals surface area (Å²) in [5, 5.41) is 16.8. The van der Waals surface area contributed by atoms with Gasteiger partial charge in [0.15, 0.2) is 5.69 Å². The van der Waals surface area contributed by atoms with E-state index in [1.165, 1.54) is 22.7 Å². The lowest BCUT2D eigenvalue weighted by Gasteiger charge is -2.13. The van der Waals surface area contributed by atoms with Gasteiger partial charge >= 0.3 is 12.1 Å². The number of carboxylic acids is 1. The Morgan fingerprint density at radius 1 is 1.24 bits per heavy atom. The SMILES string of the molecule is CC(OC(=O)Nc1c(C#Cc2cc3cc(C4(C(=O)O)CC4)sc3s2)noc1Cl)c1ccccc1. The summed E-state index contributed by atoms with van der Waals surface area (Å²) in [5.74, 6) is 5.13. The second-order valence-corrected chi connectivity index (χ2v) is 10.6. The highest BCUT2D eigenvalue weighted by molar-refractivity contribution is 7.38. The van der Waals surface area contributed by atoms with Gasteiger partial charge in [-0.1, -0.05) is 35.5 Å². The van der Waals surface area contributed by atoms with E-state index in [2.05, 4.69) is 22.3 Å². The largest absolute Gasteiger partial charge is 0.481 e. The number of nitrogens with zero attached hydrogens (tertiary/aromatic N) is 1. The van der Waals surface area contributed by atoms with Gasteiger partial charge in [-0.2, -0.15) is 0 Å². The number of fused-ring (bicyclic) bond motifs is 1. The van der Waals surface area contributed by atoms with E-state index in [1.807, 2.05) is 42.5 Å². The van der Waals surface area contributed by atoms with Crippen LogP contribution >= 0.6 is 34.3 Å². The molecule has 34 heavy (non-hydrogen) atoms. The third-order valence-electron chi connectivity index (χ3n) is 5.58. The lowest BCUT2D eigenvalue weighted by atomic mass is 10.1. The normalized spacial score (nSPS) is 14.8. The van der Waals surface area contributed by atoms with Gasteiger partial charge in [-0.15, -0.1) is 22.7 Å². The first-order valence-corrected chi connectivity index (χ1v) is 12.3. The molecule has 7 nitrogen and oxygen atoms in total. The number of hydrogen-bond acceptors (Lipinski definition) is 7. The van der Waals surface area contributed by atoms with Gasteiger partial charge in [-0.25, -0.2) is 4.79 Å². The van der Waals surface area contributed by atoms with Crippen LogP contribution in [0, 0.1) is 11.8 Å². The molecular formula is C24H17ClN2O5S2. The molecule has 0 spiro atoms. The molecule has 3 heterocycles. The van der Waals surface area contributed by atoms with Gasteiger partial charge in [-0.05, 0) is 60.9 Å². The van der Waals surface area contributed by atoms with Crippen molar-refractivity contribution >= 4 is 61.4 Å². The van der Waals surface area contributed by atoms with Crippen LogP contribution < -0.4 is 5.32 Å². The number of carboxylic acid groups (broad SMARTS) is 1. The van der Waals surface area contributed by atoms with Crippen LogP contribution in [0.25, 0.3) is 9.40 Å². The Hall–Kier alpha value is -3.32. The van der Waals surface area contributed by atoms with E-state index in [9.17, 15) is 14.7 Å². The Balaban J connectivity index is 1.30. The van der Waals surface area contributed by atoms with Crippen LogP contribution in [0.2, 0.25) is 5.22 Å². The van der Waals surface area contributed by atoms with Crippen LogP contribution in [0.15, 0.2) is 47.0 Å². The van der Waals surface area contributed by atoms with E-state index in [0.717, 1.165) is 24.7 Å². The number of aliphatic carboxylic acids is 1. The van der Waals surface area contributed by atoms with Crippen LogP contribution in [0.3, 0.4) is 0 Å². The molecule has 2 N–H and O–H groups in total. The number of aromatic nitrogens is 1. The number of ether oxygens (including phenoxy) is 1. The zero-order valence-electron chi connectivity index (χ0n) is 17.8. The Morgan fingerprint density at radius 3 is 2.68 bits per heavy atom. The van der Waals surface area contributed by atoms with Gasteiger partial charge in [0.1, 0.15) is 17.2 Å². The third kappa shape index (κ3) is 4.28. The predicted octanol–water partition coefficient (Wildman–Crippen LogP) is 6.43. The summed E-state index contributed by atoms with van der Waals surface area (Å²) in [6.07, 6.45) is 0.186. The van der Waals surface area contributed by atoms with Crippen molar-refractivity contribution in [3.8, 4) is 11.8 Å². The van der Waals surface area contributed by atoms with E-state index in [4.69, 9.17) is 20.9 Å². The number of carbonyl (C=O) groups excluding carboxylic acids is 1. The third-order valence-corrected chi connectivity index (χ3v) is 8.35. The van der Waals surface area contributed by atoms with Gasteiger partial charge in [-0.3, -0.25) is 10.1 Å². The van der Waals surface area contributed by atoms with E-state index >= 15 is 0 Å². The number of thiophene rings is 2. The standard InChI is InChI=1S/C24H17ClN2O5S2/c1-13(14-5-3-2-4-6-14)31-23(30)26-19-17(27-32-20(19)25)8-7-16-11-15-12-18(34-21(15)33-16)24(9-10-24)22(28)29/h2-6,11-13H,9-10H2,1H3,(H,26,30)(H,28,29). The number of anilines is 1. The van der Waals surface area contributed by atoms with Crippen LogP contribution in [-0.2, 0) is 14.9 Å². The minimum absolute atomic E-state index is 0.103. The van der Waals surface area contributed by atoms with E-state index < -0.39 is 23.6 Å². The summed E-state index contributed by atoms with van der Waals surface area (Å²) in [7, 11) is 0. The summed E-state index contributed by atoms with van der Waals surface area (Å²) >= 11 is 9.02. The molecule has 0 radical (unpaired) electrons. The maximum atomic E-state index is 12.4. The lowest BCUT2D eigenvalue weighted by Crippen LogP contribution is -2.17. The molecule has 1 fully saturated rings. The molecule has 1 aromatic carbocycles. The molecule has 0 aliphatic heterocycles. The summed E-state index contributed by atoms with van der Waals surface area (Å²) in [4.78, 5) is 25.6. The van der Waals surface area contributed by atoms with Crippen molar-refractivity contribution in [2.45, 2.75) is 31.3 Å². The number of carbonyl (C=O) groups is 2. The van der Waals surface area contributed by atoms with Crippen molar-refractivity contribution in [3.63, 3.8) is 0 Å². The predicted molar refractivity (Wildman–Crippen MR) is 131 cm³/mol. The smallest absolute Gasteiger partial charge is 0.412 e. The van der Waals surface area contributed by atoms with Gasteiger partial charge in [0.05, 0.1) is 8.89 Å². The second-order valence-electron chi connectivity index (χ2n) is 7.86. The van der Waals surface area contributed by atoms with E-state index in [0.29, 0.717) is 12.8 Å². The highest BCUT2D eigenvalue weighted by Crippen LogP contribution is 2.52. The molecular weight excluding hydrogens is 496 g/mol. The molecule has 4 aromatic rings. The maximum Gasteiger partial charge on any atom is 0.412 e. The first-order chi connectivity index (χ1) is 16.4. The van der Waals surface area contributed by atoms with Crippen molar-refractivity contribution in [2.24, 2.45) is 0 Å². The summed E-state index contributed by atoms with van der Waals surface area (Å²) < 4.78 is 11.4.